The van der Waals surface area contributed by atoms with Gasteiger partial charge in [-0.1, -0.05) is 0 Å². The highest BCUT2D eigenvalue weighted by molar-refractivity contribution is 8.04. The zero-order valence-electron chi connectivity index (χ0n) is 11.2. The Morgan fingerprint density at radius 2 is 2.24 bits per heavy atom. The summed E-state index contributed by atoms with van der Waals surface area (Å²) in [5.74, 6) is -1.36. The van der Waals surface area contributed by atoms with Crippen LogP contribution in [0.2, 0.25) is 0 Å². The van der Waals surface area contributed by atoms with Crippen molar-refractivity contribution in [3.05, 3.63) is 40.1 Å². The monoisotopic (exact) mass is 304 g/mol. The van der Waals surface area contributed by atoms with Gasteiger partial charge < -0.3 is 10.5 Å². The van der Waals surface area contributed by atoms with Crippen LogP contribution >= 0.6 is 11.8 Å². The summed E-state index contributed by atoms with van der Waals surface area (Å²) in [6.07, 6.45) is 1.43. The molecule has 1 atom stereocenters. The number of fused-ring (bicyclic) bond motifs is 1. The smallest absolute Gasteiger partial charge is 0.331 e. The van der Waals surface area contributed by atoms with Gasteiger partial charge in [-0.3, -0.25) is 14.6 Å². The van der Waals surface area contributed by atoms with Gasteiger partial charge >= 0.3 is 5.97 Å². The molecular formula is C14H12N2O4S. The number of hydrogen-bond acceptors (Lipinski definition) is 7. The van der Waals surface area contributed by atoms with Crippen LogP contribution in [0.5, 0.6) is 0 Å². The number of ether oxygens (including phenoxy) is 1. The second-order valence-corrected chi connectivity index (χ2v) is 5.73. The quantitative estimate of drug-likeness (QED) is 0.804. The molecule has 3 rings (SSSR count). The summed E-state index contributed by atoms with van der Waals surface area (Å²) >= 11 is 1.12. The molecule has 2 N–H and O–H groups in total. The highest BCUT2D eigenvalue weighted by Gasteiger charge is 2.53. The van der Waals surface area contributed by atoms with Crippen LogP contribution in [0.1, 0.15) is 27.8 Å². The Morgan fingerprint density at radius 1 is 1.48 bits per heavy atom. The molecule has 6 nitrogen and oxygen atoms in total. The highest BCUT2D eigenvalue weighted by atomic mass is 32.2. The summed E-state index contributed by atoms with van der Waals surface area (Å²) < 4.78 is 4.95. The van der Waals surface area contributed by atoms with Crippen molar-refractivity contribution in [2.75, 3.05) is 12.4 Å². The van der Waals surface area contributed by atoms with Gasteiger partial charge in [0, 0.05) is 11.9 Å². The lowest BCUT2D eigenvalue weighted by atomic mass is 9.82. The van der Waals surface area contributed by atoms with Crippen LogP contribution in [0.15, 0.2) is 28.8 Å². The lowest BCUT2D eigenvalue weighted by Crippen LogP contribution is -2.53. The largest absolute Gasteiger partial charge is 0.464 e. The van der Waals surface area contributed by atoms with Gasteiger partial charge in [-0.15, -0.1) is 11.8 Å². The Bertz CT molecular complexity index is 713. The van der Waals surface area contributed by atoms with E-state index in [-0.39, 0.29) is 39.9 Å². The summed E-state index contributed by atoms with van der Waals surface area (Å²) in [5, 5.41) is 0. The van der Waals surface area contributed by atoms with Gasteiger partial charge in [0.25, 0.3) is 0 Å². The van der Waals surface area contributed by atoms with Gasteiger partial charge in [0.2, 0.25) is 11.6 Å². The van der Waals surface area contributed by atoms with Crippen molar-refractivity contribution in [2.45, 2.75) is 12.5 Å². The van der Waals surface area contributed by atoms with Crippen LogP contribution in [0, 0.1) is 0 Å². The van der Waals surface area contributed by atoms with Crippen molar-refractivity contribution in [1.82, 2.24) is 4.98 Å². The van der Waals surface area contributed by atoms with E-state index in [9.17, 15) is 14.4 Å². The SMILES string of the molecule is CCOC(=O)[C@]1(N)CSC2=C1C(=O)c1ncccc1C2=O. The molecule has 108 valence electrons. The third-order valence-corrected chi connectivity index (χ3v) is 4.74. The first-order valence-corrected chi connectivity index (χ1v) is 7.37. The lowest BCUT2D eigenvalue weighted by molar-refractivity contribution is -0.147. The number of esters is 1. The molecule has 0 saturated carbocycles. The maximum Gasteiger partial charge on any atom is 0.331 e. The van der Waals surface area contributed by atoms with Gasteiger partial charge in [0.1, 0.15) is 5.69 Å². The van der Waals surface area contributed by atoms with E-state index in [0.717, 1.165) is 11.8 Å². The normalized spacial score (nSPS) is 23.9. The Kier molecular flexibility index (Phi) is 3.18. The van der Waals surface area contributed by atoms with E-state index in [4.69, 9.17) is 10.5 Å². The Labute approximate surface area is 124 Å². The minimum atomic E-state index is -1.59. The van der Waals surface area contributed by atoms with Crippen LogP contribution in [0.25, 0.3) is 0 Å². The van der Waals surface area contributed by atoms with E-state index >= 15 is 0 Å². The molecule has 0 radical (unpaired) electrons. The molecule has 1 aliphatic heterocycles. The fourth-order valence-electron chi connectivity index (χ4n) is 2.45. The molecular weight excluding hydrogens is 292 g/mol. The first-order valence-electron chi connectivity index (χ1n) is 6.38. The molecule has 0 bridgehead atoms. The number of ketones is 2. The average molecular weight is 304 g/mol. The van der Waals surface area contributed by atoms with Crippen LogP contribution in [0.4, 0.5) is 0 Å². The zero-order valence-corrected chi connectivity index (χ0v) is 12.0. The molecule has 1 aromatic heterocycles. The van der Waals surface area contributed by atoms with E-state index in [1.54, 1.807) is 19.1 Å². The van der Waals surface area contributed by atoms with Crippen LogP contribution in [-0.2, 0) is 9.53 Å². The number of carbonyl (C=O) groups is 3. The van der Waals surface area contributed by atoms with Crippen LogP contribution in [0.3, 0.4) is 0 Å². The van der Waals surface area contributed by atoms with Gasteiger partial charge in [-0.25, -0.2) is 4.79 Å². The van der Waals surface area contributed by atoms with Gasteiger partial charge in [-0.05, 0) is 19.1 Å². The molecule has 21 heavy (non-hydrogen) atoms. The van der Waals surface area contributed by atoms with Crippen molar-refractivity contribution in [3.8, 4) is 0 Å². The van der Waals surface area contributed by atoms with E-state index in [1.165, 1.54) is 6.20 Å². The molecule has 0 unspecified atom stereocenters. The molecule has 1 aromatic rings. The Morgan fingerprint density at radius 3 is 2.95 bits per heavy atom. The number of aromatic nitrogens is 1. The number of Topliss-reactive ketones (excluding diaryl/α,β-unsaturated/α-hetero) is 2. The number of pyridine rings is 1. The fraction of sp³-hybridized carbons (Fsp3) is 0.286. The Balaban J connectivity index is 2.14. The second kappa shape index (κ2) is 4.78. The maximum absolute atomic E-state index is 12.6. The number of hydrogen-bond donors (Lipinski definition) is 1. The van der Waals surface area contributed by atoms with Gasteiger partial charge in [-0.2, -0.15) is 0 Å². The van der Waals surface area contributed by atoms with E-state index in [0.29, 0.717) is 0 Å². The van der Waals surface area contributed by atoms with E-state index in [2.05, 4.69) is 4.98 Å². The molecule has 0 amide bonds. The van der Waals surface area contributed by atoms with Crippen molar-refractivity contribution in [3.63, 3.8) is 0 Å². The molecule has 0 fully saturated rings. The molecule has 2 heterocycles. The topological polar surface area (TPSA) is 99.3 Å². The van der Waals surface area contributed by atoms with E-state index in [1.807, 2.05) is 0 Å². The zero-order chi connectivity index (χ0) is 15.2. The lowest BCUT2D eigenvalue weighted by Gasteiger charge is -2.25. The third-order valence-electron chi connectivity index (χ3n) is 3.46. The van der Waals surface area contributed by atoms with Crippen molar-refractivity contribution in [2.24, 2.45) is 5.73 Å². The summed E-state index contributed by atoms with van der Waals surface area (Å²) in [6.45, 7) is 1.81. The first-order chi connectivity index (χ1) is 10.0. The van der Waals surface area contributed by atoms with E-state index < -0.39 is 17.3 Å². The summed E-state index contributed by atoms with van der Waals surface area (Å²) in [5.41, 5.74) is 4.83. The highest BCUT2D eigenvalue weighted by Crippen LogP contribution is 2.44. The van der Waals surface area contributed by atoms with Crippen molar-refractivity contribution < 1.29 is 19.1 Å². The number of allylic oxidation sites excluding steroid dienone is 1. The Hall–Kier alpha value is -1.99. The predicted molar refractivity (Wildman–Crippen MR) is 75.9 cm³/mol. The molecule has 0 aromatic carbocycles. The predicted octanol–water partition coefficient (Wildman–Crippen LogP) is 0.722. The number of nitrogens with zero attached hydrogens (tertiary/aromatic N) is 1. The number of thioether (sulfide) groups is 1. The summed E-state index contributed by atoms with van der Waals surface area (Å²) in [6, 6.07) is 3.14. The van der Waals surface area contributed by atoms with Crippen LogP contribution < -0.4 is 5.73 Å². The molecule has 0 spiro atoms. The standard InChI is InChI=1S/C14H12N2O4S/c1-2-20-13(19)14(15)6-21-12-8(14)11(18)9-7(10(12)17)4-3-5-16-9/h3-5H,2,6,15H2,1H3/t14-/m0/s1. The molecule has 2 aliphatic rings. The molecule has 7 heteroatoms. The minimum Gasteiger partial charge on any atom is -0.464 e. The third kappa shape index (κ3) is 1.85. The minimum absolute atomic E-state index is 0.0159. The van der Waals surface area contributed by atoms with Crippen molar-refractivity contribution >= 4 is 29.3 Å². The molecule has 0 saturated heterocycles. The number of rotatable bonds is 2. The number of carbonyl (C=O) groups excluding carboxylic acids is 3. The fourth-order valence-corrected chi connectivity index (χ4v) is 3.74. The maximum atomic E-state index is 12.6. The molecule has 1 aliphatic carbocycles. The van der Waals surface area contributed by atoms with Crippen LogP contribution in [-0.4, -0.2) is 40.4 Å². The van der Waals surface area contributed by atoms with Crippen molar-refractivity contribution in [1.29, 1.82) is 0 Å². The van der Waals surface area contributed by atoms with Gasteiger partial charge in [0.05, 0.1) is 22.6 Å². The number of nitrogens with two attached hydrogens (primary N) is 1. The second-order valence-electron chi connectivity index (χ2n) is 4.74. The summed E-state index contributed by atoms with van der Waals surface area (Å²) in [4.78, 5) is 41.3. The average Bonchev–Trinajstić information content (AvgIpc) is 2.85. The van der Waals surface area contributed by atoms with Gasteiger partial charge in [0.15, 0.2) is 5.54 Å². The first kappa shape index (κ1) is 14.0. The summed E-state index contributed by atoms with van der Waals surface area (Å²) in [7, 11) is 0.